The summed E-state index contributed by atoms with van der Waals surface area (Å²) in [6.07, 6.45) is -0.772. The Labute approximate surface area is 235 Å². The van der Waals surface area contributed by atoms with Crippen molar-refractivity contribution >= 4 is 31.6 Å². The van der Waals surface area contributed by atoms with E-state index in [1.54, 1.807) is 43.3 Å². The molecule has 12 heteroatoms. The molecule has 0 spiro atoms. The lowest BCUT2D eigenvalue weighted by Gasteiger charge is -2.38. The number of nitrogens with one attached hydrogen (secondary N) is 1. The van der Waals surface area contributed by atoms with Gasteiger partial charge in [0.2, 0.25) is 10.0 Å². The lowest BCUT2D eigenvalue weighted by molar-refractivity contribution is 0.0389. The average molecular weight is 588 g/mol. The number of rotatable bonds is 9. The van der Waals surface area contributed by atoms with Crippen molar-refractivity contribution in [1.29, 1.82) is 0 Å². The van der Waals surface area contributed by atoms with E-state index in [1.165, 1.54) is 58.7 Å². The maximum absolute atomic E-state index is 13.6. The highest BCUT2D eigenvalue weighted by Crippen LogP contribution is 2.36. The van der Waals surface area contributed by atoms with Crippen molar-refractivity contribution in [1.82, 2.24) is 9.21 Å². The van der Waals surface area contributed by atoms with Crippen LogP contribution in [0.1, 0.15) is 24.2 Å². The molecule has 0 saturated heterocycles. The van der Waals surface area contributed by atoms with Crippen molar-refractivity contribution in [3.63, 3.8) is 0 Å². The van der Waals surface area contributed by atoms with E-state index in [0.29, 0.717) is 0 Å². The maximum Gasteiger partial charge on any atom is 0.262 e. The number of aliphatic hydroxyl groups excluding tert-OH is 1. The van der Waals surface area contributed by atoms with E-state index in [0.717, 1.165) is 0 Å². The van der Waals surface area contributed by atoms with Crippen LogP contribution in [-0.4, -0.2) is 75.9 Å². The van der Waals surface area contributed by atoms with Gasteiger partial charge < -0.3 is 14.7 Å². The van der Waals surface area contributed by atoms with Gasteiger partial charge >= 0.3 is 0 Å². The van der Waals surface area contributed by atoms with Crippen molar-refractivity contribution in [3.8, 4) is 5.75 Å². The predicted molar refractivity (Wildman–Crippen MR) is 151 cm³/mol. The van der Waals surface area contributed by atoms with Gasteiger partial charge in [0.1, 0.15) is 6.10 Å². The van der Waals surface area contributed by atoms with Crippen LogP contribution in [0.25, 0.3) is 0 Å². The van der Waals surface area contributed by atoms with E-state index >= 15 is 0 Å². The Balaban J connectivity index is 1.76. The Hall–Kier alpha value is -3.45. The van der Waals surface area contributed by atoms with Crippen LogP contribution in [0.15, 0.2) is 88.7 Å². The average Bonchev–Trinajstić information content (AvgIpc) is 2.95. The van der Waals surface area contributed by atoms with Gasteiger partial charge in [-0.1, -0.05) is 49.4 Å². The van der Waals surface area contributed by atoms with Crippen LogP contribution in [0.3, 0.4) is 0 Å². The molecule has 0 fully saturated rings. The molecule has 0 aromatic heterocycles. The molecule has 3 atom stereocenters. The second-order valence-corrected chi connectivity index (χ2v) is 13.5. The largest absolute Gasteiger partial charge is 0.486 e. The summed E-state index contributed by atoms with van der Waals surface area (Å²) in [4.78, 5) is 15.3. The molecule has 4 rings (SSSR count). The predicted octanol–water partition coefficient (Wildman–Crippen LogP) is 3.03. The molecular formula is C28H33N3O7S2. The summed E-state index contributed by atoms with van der Waals surface area (Å²) in [6.45, 7) is 3.34. The number of sulfonamides is 2. The number of fused-ring (bicyclic) bond motifs is 1. The normalized spacial score (nSPS) is 18.8. The van der Waals surface area contributed by atoms with Gasteiger partial charge in [-0.3, -0.25) is 9.52 Å². The van der Waals surface area contributed by atoms with Gasteiger partial charge in [0, 0.05) is 19.5 Å². The van der Waals surface area contributed by atoms with Crippen LogP contribution in [-0.2, 0) is 20.0 Å². The molecule has 2 N–H and O–H groups in total. The molecule has 1 aliphatic rings. The monoisotopic (exact) mass is 587 g/mol. The van der Waals surface area contributed by atoms with Crippen LogP contribution in [0, 0.1) is 5.92 Å². The summed E-state index contributed by atoms with van der Waals surface area (Å²) in [6, 6.07) is 19.8. The Morgan fingerprint density at radius 3 is 2.17 bits per heavy atom. The van der Waals surface area contributed by atoms with E-state index in [4.69, 9.17) is 4.74 Å². The third-order valence-electron chi connectivity index (χ3n) is 6.88. The first-order valence-electron chi connectivity index (χ1n) is 12.8. The lowest BCUT2D eigenvalue weighted by atomic mass is 9.99. The van der Waals surface area contributed by atoms with Crippen molar-refractivity contribution in [2.75, 3.05) is 31.5 Å². The van der Waals surface area contributed by atoms with E-state index in [1.807, 2.05) is 6.92 Å². The zero-order chi connectivity index (χ0) is 29.1. The number of nitrogens with zero attached hydrogens (tertiary/aromatic N) is 2. The number of anilines is 1. The number of aliphatic hydroxyl groups is 1. The zero-order valence-electron chi connectivity index (χ0n) is 22.5. The second-order valence-electron chi connectivity index (χ2n) is 9.82. The highest BCUT2D eigenvalue weighted by molar-refractivity contribution is 7.92. The summed E-state index contributed by atoms with van der Waals surface area (Å²) in [5, 5.41) is 9.87. The first-order valence-corrected chi connectivity index (χ1v) is 15.7. The van der Waals surface area contributed by atoms with Gasteiger partial charge in [0.15, 0.2) is 5.75 Å². The molecule has 214 valence electrons. The molecular weight excluding hydrogens is 554 g/mol. The first-order chi connectivity index (χ1) is 19.0. The van der Waals surface area contributed by atoms with Gasteiger partial charge in [0.25, 0.3) is 15.9 Å². The van der Waals surface area contributed by atoms with Gasteiger partial charge in [-0.15, -0.1) is 0 Å². The fraction of sp³-hybridized carbons (Fsp3) is 0.321. The number of likely N-dealkylation sites (N-methyl/N-ethyl adjacent to an activating group) is 1. The maximum atomic E-state index is 13.6. The van der Waals surface area contributed by atoms with Crippen LogP contribution in [0.2, 0.25) is 0 Å². The number of para-hydroxylation sites is 1. The second kappa shape index (κ2) is 12.0. The standard InChI is InChI=1S/C28H33N3O7S2/c1-20-17-31(21(2)19-32)28(33)24-15-10-16-25(29-39(34,35)22-11-6-4-7-12-22)27(24)38-26(20)18-30(3)40(36,37)23-13-8-5-9-14-23/h4-16,20-21,26,29,32H,17-19H2,1-3H3/t20-,21+,26-/m1/s1. The minimum absolute atomic E-state index is 0.01000. The molecule has 0 bridgehead atoms. The Bertz CT molecular complexity index is 1550. The van der Waals surface area contributed by atoms with Crippen molar-refractivity contribution in [2.45, 2.75) is 35.8 Å². The van der Waals surface area contributed by atoms with E-state index in [2.05, 4.69) is 4.72 Å². The lowest BCUT2D eigenvalue weighted by Crippen LogP contribution is -2.50. The Morgan fingerprint density at radius 2 is 1.57 bits per heavy atom. The quantitative estimate of drug-likeness (QED) is 0.393. The first kappa shape index (κ1) is 29.5. The molecule has 1 heterocycles. The topological polar surface area (TPSA) is 133 Å². The van der Waals surface area contributed by atoms with Crippen LogP contribution < -0.4 is 9.46 Å². The Kier molecular flexibility index (Phi) is 8.83. The zero-order valence-corrected chi connectivity index (χ0v) is 24.1. The number of amides is 1. The van der Waals surface area contributed by atoms with Gasteiger partial charge in [0.05, 0.1) is 40.2 Å². The van der Waals surface area contributed by atoms with Gasteiger partial charge in [-0.05, 0) is 43.3 Å². The molecule has 0 saturated carbocycles. The summed E-state index contributed by atoms with van der Waals surface area (Å²) >= 11 is 0. The number of hydrogen-bond acceptors (Lipinski definition) is 7. The van der Waals surface area contributed by atoms with Crippen LogP contribution >= 0.6 is 0 Å². The van der Waals surface area contributed by atoms with Crippen molar-refractivity contribution < 1.29 is 31.5 Å². The third kappa shape index (κ3) is 6.15. The summed E-state index contributed by atoms with van der Waals surface area (Å²) < 4.78 is 63.0. The molecule has 40 heavy (non-hydrogen) atoms. The molecule has 1 amide bonds. The SMILES string of the molecule is C[C@@H]1CN([C@@H](C)CO)C(=O)c2cccc(NS(=O)(=O)c3ccccc3)c2O[C@@H]1CN(C)S(=O)(=O)c1ccccc1. The van der Waals surface area contributed by atoms with Crippen molar-refractivity contribution in [3.05, 3.63) is 84.4 Å². The van der Waals surface area contributed by atoms with E-state index in [9.17, 15) is 26.7 Å². The van der Waals surface area contributed by atoms with Crippen LogP contribution in [0.5, 0.6) is 5.75 Å². The molecule has 0 radical (unpaired) electrons. The minimum Gasteiger partial charge on any atom is -0.486 e. The number of ether oxygens (including phenoxy) is 1. The number of carbonyl (C=O) groups excluding carboxylic acids is 1. The summed E-state index contributed by atoms with van der Waals surface area (Å²) in [5.74, 6) is -0.838. The fourth-order valence-corrected chi connectivity index (χ4v) is 6.76. The number of hydrogen-bond donors (Lipinski definition) is 2. The van der Waals surface area contributed by atoms with E-state index < -0.39 is 44.0 Å². The molecule has 3 aromatic rings. The number of carbonyl (C=O) groups is 1. The molecule has 0 aliphatic carbocycles. The summed E-state index contributed by atoms with van der Waals surface area (Å²) in [7, 11) is -6.45. The highest BCUT2D eigenvalue weighted by Gasteiger charge is 2.36. The highest BCUT2D eigenvalue weighted by atomic mass is 32.2. The molecule has 3 aromatic carbocycles. The molecule has 0 unspecified atom stereocenters. The van der Waals surface area contributed by atoms with Crippen LogP contribution in [0.4, 0.5) is 5.69 Å². The third-order valence-corrected chi connectivity index (χ3v) is 10.1. The Morgan fingerprint density at radius 1 is 0.975 bits per heavy atom. The molecule has 10 nitrogen and oxygen atoms in total. The summed E-state index contributed by atoms with van der Waals surface area (Å²) in [5.41, 5.74) is 0.137. The van der Waals surface area contributed by atoms with E-state index in [-0.39, 0.29) is 46.5 Å². The number of benzene rings is 3. The molecule has 1 aliphatic heterocycles. The van der Waals surface area contributed by atoms with Crippen molar-refractivity contribution in [2.24, 2.45) is 5.92 Å². The van der Waals surface area contributed by atoms with Gasteiger partial charge in [-0.25, -0.2) is 16.8 Å². The van der Waals surface area contributed by atoms with Gasteiger partial charge in [-0.2, -0.15) is 4.31 Å². The fourth-order valence-electron chi connectivity index (χ4n) is 4.47. The minimum atomic E-state index is -4.03. The smallest absolute Gasteiger partial charge is 0.262 e.